The van der Waals surface area contributed by atoms with Gasteiger partial charge in [0, 0.05) is 18.4 Å². The predicted molar refractivity (Wildman–Crippen MR) is 96.7 cm³/mol. The number of aldehydes is 1. The van der Waals surface area contributed by atoms with Crippen molar-refractivity contribution in [3.05, 3.63) is 35.4 Å². The first kappa shape index (κ1) is 20.0. The van der Waals surface area contributed by atoms with E-state index in [1.165, 1.54) is 19.3 Å². The van der Waals surface area contributed by atoms with Crippen LogP contribution in [0.2, 0.25) is 0 Å². The molecule has 0 aliphatic rings. The van der Waals surface area contributed by atoms with Crippen molar-refractivity contribution in [1.29, 1.82) is 0 Å². The van der Waals surface area contributed by atoms with Crippen LogP contribution in [-0.4, -0.2) is 18.9 Å². The Balaban J connectivity index is 2.17. The van der Waals surface area contributed by atoms with Crippen molar-refractivity contribution in [3.63, 3.8) is 0 Å². The molecule has 0 fully saturated rings. The van der Waals surface area contributed by atoms with Gasteiger partial charge in [0.25, 0.3) is 0 Å². The lowest BCUT2D eigenvalue weighted by Crippen LogP contribution is -2.07. The van der Waals surface area contributed by atoms with Gasteiger partial charge in [-0.15, -0.1) is 0 Å². The number of hydrogen-bond donors (Lipinski definition) is 0. The van der Waals surface area contributed by atoms with E-state index in [9.17, 15) is 9.59 Å². The monoisotopic (exact) mass is 328 g/mol. The Bertz CT molecular complexity index is 534. The zero-order valence-corrected chi connectivity index (χ0v) is 14.7. The summed E-state index contributed by atoms with van der Waals surface area (Å²) >= 11 is 0. The first-order valence-corrected chi connectivity index (χ1v) is 8.93. The van der Waals surface area contributed by atoms with Crippen LogP contribution in [0.1, 0.15) is 69.4 Å². The highest BCUT2D eigenvalue weighted by molar-refractivity contribution is 5.72. The van der Waals surface area contributed by atoms with Crippen LogP contribution in [0, 0.1) is 11.8 Å². The highest BCUT2D eigenvalue weighted by Crippen LogP contribution is 2.08. The van der Waals surface area contributed by atoms with Crippen LogP contribution >= 0.6 is 0 Å². The number of carbonyl (C=O) groups excluding carboxylic acids is 2. The first-order chi connectivity index (χ1) is 11.8. The Labute approximate surface area is 145 Å². The Morgan fingerprint density at radius 3 is 2.38 bits per heavy atom. The van der Waals surface area contributed by atoms with Crippen LogP contribution in [0.3, 0.4) is 0 Å². The number of carbonyl (C=O) groups is 2. The third-order valence-electron chi connectivity index (χ3n) is 3.71. The minimum absolute atomic E-state index is 0.192. The van der Waals surface area contributed by atoms with Gasteiger partial charge in [0.1, 0.15) is 6.29 Å². The average Bonchev–Trinajstić information content (AvgIpc) is 2.58. The summed E-state index contributed by atoms with van der Waals surface area (Å²) in [5, 5.41) is 0. The second-order valence-electron chi connectivity index (χ2n) is 5.81. The summed E-state index contributed by atoms with van der Waals surface area (Å²) in [5.74, 6) is 6.18. The van der Waals surface area contributed by atoms with Gasteiger partial charge in [-0.2, -0.15) is 0 Å². The number of esters is 1. The number of benzene rings is 1. The van der Waals surface area contributed by atoms with Crippen molar-refractivity contribution in [2.24, 2.45) is 0 Å². The van der Waals surface area contributed by atoms with Gasteiger partial charge in [-0.05, 0) is 37.5 Å². The standard InChI is InChI=1S/C21H28O3/c1-2-24-21(23)18-20-15-13-19(14-16-20)12-10-8-6-4-3-5-7-9-11-17-22/h13-17H,2-9,11,18H2,1H3. The minimum atomic E-state index is -0.192. The molecule has 1 aromatic rings. The molecule has 0 unspecified atom stereocenters. The van der Waals surface area contributed by atoms with Gasteiger partial charge in [-0.3, -0.25) is 4.79 Å². The van der Waals surface area contributed by atoms with E-state index in [2.05, 4.69) is 11.8 Å². The molecule has 0 saturated carbocycles. The summed E-state index contributed by atoms with van der Waals surface area (Å²) in [4.78, 5) is 21.6. The molecule has 0 N–H and O–H groups in total. The maximum atomic E-state index is 11.4. The molecule has 1 rings (SSSR count). The molecule has 3 nitrogen and oxygen atoms in total. The minimum Gasteiger partial charge on any atom is -0.466 e. The zero-order valence-electron chi connectivity index (χ0n) is 14.7. The van der Waals surface area contributed by atoms with E-state index < -0.39 is 0 Å². The highest BCUT2D eigenvalue weighted by Gasteiger charge is 2.02. The van der Waals surface area contributed by atoms with Gasteiger partial charge in [-0.25, -0.2) is 0 Å². The molecule has 0 saturated heterocycles. The van der Waals surface area contributed by atoms with Crippen LogP contribution in [0.5, 0.6) is 0 Å². The smallest absolute Gasteiger partial charge is 0.310 e. The molecule has 0 aliphatic heterocycles. The van der Waals surface area contributed by atoms with Gasteiger partial charge in [0.05, 0.1) is 13.0 Å². The highest BCUT2D eigenvalue weighted by atomic mass is 16.5. The maximum absolute atomic E-state index is 11.4. The quantitative estimate of drug-likeness (QED) is 0.261. The van der Waals surface area contributed by atoms with Crippen LogP contribution in [0.15, 0.2) is 24.3 Å². The summed E-state index contributed by atoms with van der Waals surface area (Å²) in [6.45, 7) is 2.23. The zero-order chi connectivity index (χ0) is 17.5. The molecule has 0 amide bonds. The molecule has 0 aromatic heterocycles. The van der Waals surface area contributed by atoms with Gasteiger partial charge < -0.3 is 9.53 Å². The van der Waals surface area contributed by atoms with Crippen molar-refractivity contribution in [3.8, 4) is 11.8 Å². The Kier molecular flexibility index (Phi) is 11.1. The topological polar surface area (TPSA) is 43.4 Å². The van der Waals surface area contributed by atoms with Crippen molar-refractivity contribution in [1.82, 2.24) is 0 Å². The summed E-state index contributed by atoms with van der Waals surface area (Å²) < 4.78 is 4.93. The molecule has 130 valence electrons. The first-order valence-electron chi connectivity index (χ1n) is 8.93. The van der Waals surface area contributed by atoms with E-state index in [0.717, 1.165) is 43.1 Å². The SMILES string of the molecule is CCOC(=O)Cc1ccc(C#CCCCCCCCCC=O)cc1. The van der Waals surface area contributed by atoms with E-state index in [1.54, 1.807) is 0 Å². The number of hydrogen-bond acceptors (Lipinski definition) is 3. The average molecular weight is 328 g/mol. The normalized spacial score (nSPS) is 9.88. The van der Waals surface area contributed by atoms with Crippen molar-refractivity contribution in [2.75, 3.05) is 6.61 Å². The molecule has 3 heteroatoms. The molecule has 0 bridgehead atoms. The lowest BCUT2D eigenvalue weighted by molar-refractivity contribution is -0.142. The van der Waals surface area contributed by atoms with Gasteiger partial charge >= 0.3 is 5.97 Å². The van der Waals surface area contributed by atoms with Gasteiger partial charge in [0.2, 0.25) is 0 Å². The molecule has 0 aliphatic carbocycles. The van der Waals surface area contributed by atoms with E-state index in [0.29, 0.717) is 19.4 Å². The number of rotatable bonds is 11. The van der Waals surface area contributed by atoms with E-state index in [-0.39, 0.29) is 5.97 Å². The molecular formula is C21H28O3. The van der Waals surface area contributed by atoms with Crippen LogP contribution in [0.4, 0.5) is 0 Å². The largest absolute Gasteiger partial charge is 0.466 e. The van der Waals surface area contributed by atoms with Crippen molar-refractivity contribution < 1.29 is 14.3 Å². The molecule has 0 atom stereocenters. The fourth-order valence-electron chi connectivity index (χ4n) is 2.40. The van der Waals surface area contributed by atoms with E-state index >= 15 is 0 Å². The van der Waals surface area contributed by atoms with E-state index in [1.807, 2.05) is 31.2 Å². The van der Waals surface area contributed by atoms with E-state index in [4.69, 9.17) is 4.74 Å². The third-order valence-corrected chi connectivity index (χ3v) is 3.71. The second kappa shape index (κ2) is 13.4. The Morgan fingerprint density at radius 2 is 1.71 bits per heavy atom. The molecule has 24 heavy (non-hydrogen) atoms. The fraction of sp³-hybridized carbons (Fsp3) is 0.524. The van der Waals surface area contributed by atoms with Crippen molar-refractivity contribution in [2.45, 2.75) is 64.7 Å². The Hall–Kier alpha value is -2.08. The summed E-state index contributed by atoms with van der Waals surface area (Å²) in [6.07, 6.45) is 9.87. The Morgan fingerprint density at radius 1 is 1.04 bits per heavy atom. The molecule has 0 heterocycles. The van der Waals surface area contributed by atoms with Gasteiger partial charge in [0.15, 0.2) is 0 Å². The lowest BCUT2D eigenvalue weighted by Gasteiger charge is -2.01. The summed E-state index contributed by atoms with van der Waals surface area (Å²) in [7, 11) is 0. The van der Waals surface area contributed by atoms with Crippen molar-refractivity contribution >= 4 is 12.3 Å². The molecule has 0 radical (unpaired) electrons. The predicted octanol–water partition coefficient (Wildman–Crippen LogP) is 4.46. The molecular weight excluding hydrogens is 300 g/mol. The third kappa shape index (κ3) is 9.84. The van der Waals surface area contributed by atoms with Crippen LogP contribution in [0.25, 0.3) is 0 Å². The maximum Gasteiger partial charge on any atom is 0.310 e. The molecule has 0 spiro atoms. The van der Waals surface area contributed by atoms with Gasteiger partial charge in [-0.1, -0.05) is 49.7 Å². The summed E-state index contributed by atoms with van der Waals surface area (Å²) in [5.41, 5.74) is 1.94. The lowest BCUT2D eigenvalue weighted by atomic mass is 10.1. The molecule has 1 aromatic carbocycles. The number of ether oxygens (including phenoxy) is 1. The second-order valence-corrected chi connectivity index (χ2v) is 5.81. The van der Waals surface area contributed by atoms with Crippen LogP contribution in [-0.2, 0) is 20.7 Å². The summed E-state index contributed by atoms with van der Waals surface area (Å²) in [6, 6.07) is 7.77. The fourth-order valence-corrected chi connectivity index (χ4v) is 2.40. The van der Waals surface area contributed by atoms with Crippen LogP contribution < -0.4 is 0 Å². The number of unbranched alkanes of at least 4 members (excludes halogenated alkanes) is 7.